The van der Waals surface area contributed by atoms with Gasteiger partial charge < -0.3 is 14.2 Å². The van der Waals surface area contributed by atoms with Gasteiger partial charge in [-0.05, 0) is 60.7 Å². The summed E-state index contributed by atoms with van der Waals surface area (Å²) in [6, 6.07) is 22.2. The van der Waals surface area contributed by atoms with E-state index in [0.717, 1.165) is 22.7 Å². The third-order valence-electron chi connectivity index (χ3n) is 4.56. The number of anilines is 1. The zero-order valence-electron chi connectivity index (χ0n) is 15.1. The van der Waals surface area contributed by atoms with Crippen molar-refractivity contribution >= 4 is 11.6 Å². The Bertz CT molecular complexity index is 951. The molecule has 1 aliphatic rings. The van der Waals surface area contributed by atoms with E-state index in [1.54, 1.807) is 25.2 Å². The molecule has 5 heteroatoms. The highest BCUT2D eigenvalue weighted by atomic mass is 16.5. The summed E-state index contributed by atoms with van der Waals surface area (Å²) in [5, 5.41) is 0. The topological polar surface area (TPSA) is 48.0 Å². The van der Waals surface area contributed by atoms with Gasteiger partial charge in [-0.15, -0.1) is 0 Å². The number of amides is 1. The van der Waals surface area contributed by atoms with Crippen LogP contribution in [0.15, 0.2) is 72.8 Å². The Kier molecular flexibility index (Phi) is 4.42. The molecule has 1 aliphatic heterocycles. The predicted octanol–water partition coefficient (Wildman–Crippen LogP) is 4.44. The van der Waals surface area contributed by atoms with Crippen LogP contribution in [0.25, 0.3) is 0 Å². The highest BCUT2D eigenvalue weighted by Crippen LogP contribution is 2.39. The Labute approximate surface area is 157 Å². The van der Waals surface area contributed by atoms with Gasteiger partial charge in [0.25, 0.3) is 5.91 Å². The maximum Gasteiger partial charge on any atom is 0.265 e. The standard InChI is InChI=1S/C22H19NO4/c1-25-17-11-7-15(8-12-17)22-23(16-9-13-18(26-2)14-10-16)21(24)19-5-3-4-6-20(19)27-22/h3-14,22H,1-2H3. The minimum absolute atomic E-state index is 0.108. The average Bonchev–Trinajstić information content (AvgIpc) is 2.74. The number of para-hydroxylation sites is 1. The molecule has 27 heavy (non-hydrogen) atoms. The summed E-state index contributed by atoms with van der Waals surface area (Å²) in [6.45, 7) is 0. The lowest BCUT2D eigenvalue weighted by atomic mass is 10.1. The first-order valence-corrected chi connectivity index (χ1v) is 8.58. The molecule has 1 amide bonds. The van der Waals surface area contributed by atoms with E-state index in [0.29, 0.717) is 11.3 Å². The first-order chi connectivity index (χ1) is 13.2. The van der Waals surface area contributed by atoms with Gasteiger partial charge >= 0.3 is 0 Å². The molecule has 0 bridgehead atoms. The van der Waals surface area contributed by atoms with Crippen LogP contribution in [0, 0.1) is 0 Å². The molecule has 136 valence electrons. The van der Waals surface area contributed by atoms with E-state index in [2.05, 4.69) is 0 Å². The molecule has 0 aliphatic carbocycles. The lowest BCUT2D eigenvalue weighted by Gasteiger charge is -2.37. The van der Waals surface area contributed by atoms with Crippen molar-refractivity contribution in [3.63, 3.8) is 0 Å². The van der Waals surface area contributed by atoms with E-state index in [-0.39, 0.29) is 5.91 Å². The average molecular weight is 361 g/mol. The summed E-state index contributed by atoms with van der Waals surface area (Å²) < 4.78 is 16.7. The number of rotatable bonds is 4. The van der Waals surface area contributed by atoms with Gasteiger partial charge in [-0.3, -0.25) is 9.69 Å². The fourth-order valence-corrected chi connectivity index (χ4v) is 3.14. The van der Waals surface area contributed by atoms with Crippen LogP contribution in [0.5, 0.6) is 17.2 Å². The summed E-state index contributed by atoms with van der Waals surface area (Å²) >= 11 is 0. The summed E-state index contributed by atoms with van der Waals surface area (Å²) in [4.78, 5) is 14.9. The molecule has 1 atom stereocenters. The molecule has 1 heterocycles. The Balaban J connectivity index is 1.80. The van der Waals surface area contributed by atoms with E-state index in [4.69, 9.17) is 14.2 Å². The van der Waals surface area contributed by atoms with E-state index in [9.17, 15) is 4.79 Å². The molecule has 3 aromatic carbocycles. The lowest BCUT2D eigenvalue weighted by Crippen LogP contribution is -2.41. The molecule has 0 saturated carbocycles. The van der Waals surface area contributed by atoms with Crippen molar-refractivity contribution in [1.29, 1.82) is 0 Å². The summed E-state index contributed by atoms with van der Waals surface area (Å²) in [7, 11) is 3.23. The Hall–Kier alpha value is -3.47. The van der Waals surface area contributed by atoms with Crippen LogP contribution < -0.4 is 19.1 Å². The summed E-state index contributed by atoms with van der Waals surface area (Å²) in [5.41, 5.74) is 2.13. The number of carbonyl (C=O) groups excluding carboxylic acids is 1. The molecule has 1 unspecified atom stereocenters. The van der Waals surface area contributed by atoms with Gasteiger partial charge in [0, 0.05) is 11.3 Å². The van der Waals surface area contributed by atoms with Crippen LogP contribution in [0.1, 0.15) is 22.1 Å². The lowest BCUT2D eigenvalue weighted by molar-refractivity contribution is 0.0857. The molecule has 4 rings (SSSR count). The van der Waals surface area contributed by atoms with Gasteiger partial charge in [-0.2, -0.15) is 0 Å². The summed E-state index contributed by atoms with van der Waals surface area (Å²) in [6.07, 6.45) is -0.577. The molecule has 0 fully saturated rings. The maximum absolute atomic E-state index is 13.3. The molecule has 5 nitrogen and oxygen atoms in total. The van der Waals surface area contributed by atoms with Crippen molar-refractivity contribution in [3.05, 3.63) is 83.9 Å². The van der Waals surface area contributed by atoms with Crippen molar-refractivity contribution in [2.24, 2.45) is 0 Å². The number of nitrogens with zero attached hydrogens (tertiary/aromatic N) is 1. The van der Waals surface area contributed by atoms with E-state index in [1.165, 1.54) is 0 Å². The van der Waals surface area contributed by atoms with Crippen LogP contribution in [0.2, 0.25) is 0 Å². The number of methoxy groups -OCH3 is 2. The zero-order valence-corrected chi connectivity index (χ0v) is 15.1. The highest BCUT2D eigenvalue weighted by Gasteiger charge is 2.35. The Morgan fingerprint density at radius 2 is 1.41 bits per heavy atom. The number of fused-ring (bicyclic) bond motifs is 1. The van der Waals surface area contributed by atoms with Crippen LogP contribution in [-0.4, -0.2) is 20.1 Å². The molecule has 0 saturated heterocycles. The fraction of sp³-hybridized carbons (Fsp3) is 0.136. The zero-order chi connectivity index (χ0) is 18.8. The molecule has 0 radical (unpaired) electrons. The van der Waals surface area contributed by atoms with Gasteiger partial charge in [0.2, 0.25) is 6.23 Å². The minimum atomic E-state index is -0.577. The Morgan fingerprint density at radius 3 is 2.04 bits per heavy atom. The largest absolute Gasteiger partial charge is 0.497 e. The third-order valence-corrected chi connectivity index (χ3v) is 4.56. The van der Waals surface area contributed by atoms with Gasteiger partial charge in [0.15, 0.2) is 0 Å². The third kappa shape index (κ3) is 3.08. The monoisotopic (exact) mass is 361 g/mol. The maximum atomic E-state index is 13.3. The highest BCUT2D eigenvalue weighted by molar-refractivity contribution is 6.09. The quantitative estimate of drug-likeness (QED) is 0.689. The smallest absolute Gasteiger partial charge is 0.265 e. The first-order valence-electron chi connectivity index (χ1n) is 8.58. The van der Waals surface area contributed by atoms with Crippen LogP contribution >= 0.6 is 0 Å². The molecular formula is C22H19NO4. The second-order valence-electron chi connectivity index (χ2n) is 6.11. The molecule has 3 aromatic rings. The van der Waals surface area contributed by atoms with Crippen molar-refractivity contribution in [1.82, 2.24) is 0 Å². The summed E-state index contributed by atoms with van der Waals surface area (Å²) in [5.74, 6) is 1.94. The van der Waals surface area contributed by atoms with E-state index >= 15 is 0 Å². The number of ether oxygens (including phenoxy) is 3. The van der Waals surface area contributed by atoms with E-state index < -0.39 is 6.23 Å². The van der Waals surface area contributed by atoms with Gasteiger partial charge in [0.1, 0.15) is 17.2 Å². The first kappa shape index (κ1) is 17.0. The molecule has 0 N–H and O–H groups in total. The van der Waals surface area contributed by atoms with E-state index in [1.807, 2.05) is 66.7 Å². The van der Waals surface area contributed by atoms with Gasteiger partial charge in [-0.1, -0.05) is 12.1 Å². The van der Waals surface area contributed by atoms with Crippen molar-refractivity contribution in [2.75, 3.05) is 19.1 Å². The second-order valence-corrected chi connectivity index (χ2v) is 6.11. The molecule has 0 aromatic heterocycles. The normalized spacial score (nSPS) is 15.7. The number of benzene rings is 3. The second kappa shape index (κ2) is 7.03. The van der Waals surface area contributed by atoms with Gasteiger partial charge in [0.05, 0.1) is 19.8 Å². The van der Waals surface area contributed by atoms with Crippen LogP contribution in [0.3, 0.4) is 0 Å². The van der Waals surface area contributed by atoms with Crippen molar-refractivity contribution < 1.29 is 19.0 Å². The fourth-order valence-electron chi connectivity index (χ4n) is 3.14. The SMILES string of the molecule is COc1ccc(C2Oc3ccccc3C(=O)N2c2ccc(OC)cc2)cc1. The van der Waals surface area contributed by atoms with Crippen molar-refractivity contribution in [3.8, 4) is 17.2 Å². The van der Waals surface area contributed by atoms with Crippen LogP contribution in [0.4, 0.5) is 5.69 Å². The van der Waals surface area contributed by atoms with Crippen molar-refractivity contribution in [2.45, 2.75) is 6.23 Å². The Morgan fingerprint density at radius 1 is 0.815 bits per heavy atom. The number of hydrogen-bond acceptors (Lipinski definition) is 4. The predicted molar refractivity (Wildman–Crippen MR) is 103 cm³/mol. The minimum Gasteiger partial charge on any atom is -0.497 e. The molecule has 0 spiro atoms. The number of hydrogen-bond donors (Lipinski definition) is 0. The number of carbonyl (C=O) groups is 1. The molecular weight excluding hydrogens is 342 g/mol. The van der Waals surface area contributed by atoms with Gasteiger partial charge in [-0.25, -0.2) is 0 Å². The van der Waals surface area contributed by atoms with Crippen LogP contribution in [-0.2, 0) is 0 Å².